The van der Waals surface area contributed by atoms with Gasteiger partial charge in [-0.25, -0.2) is 8.42 Å². The van der Waals surface area contributed by atoms with E-state index in [0.717, 1.165) is 10.7 Å². The molecular weight excluding hydrogens is 304 g/mol. The van der Waals surface area contributed by atoms with Crippen LogP contribution in [0.4, 0.5) is 0 Å². The van der Waals surface area contributed by atoms with Crippen molar-refractivity contribution in [3.05, 3.63) is 24.3 Å². The molecule has 124 valence electrons. The van der Waals surface area contributed by atoms with Crippen molar-refractivity contribution in [2.75, 3.05) is 20.2 Å². The van der Waals surface area contributed by atoms with Crippen molar-refractivity contribution in [1.29, 1.82) is 0 Å². The van der Waals surface area contributed by atoms with E-state index in [2.05, 4.69) is 5.32 Å². The van der Waals surface area contributed by atoms with Crippen molar-refractivity contribution in [1.82, 2.24) is 9.62 Å². The number of sulfonamides is 1. The summed E-state index contributed by atoms with van der Waals surface area (Å²) in [5, 5.41) is 2.77. The van der Waals surface area contributed by atoms with Gasteiger partial charge in [0.15, 0.2) is 0 Å². The van der Waals surface area contributed by atoms with Gasteiger partial charge in [-0.1, -0.05) is 13.8 Å². The Hall–Kier alpha value is -1.60. The zero-order valence-electron chi connectivity index (χ0n) is 13.5. The average molecular weight is 328 g/mol. The smallest absolute Gasteiger partial charge is 0.243 e. The highest BCUT2D eigenvalue weighted by atomic mass is 32.2. The van der Waals surface area contributed by atoms with Gasteiger partial charge >= 0.3 is 0 Å². The number of benzene rings is 1. The number of hydrogen-bond acceptors (Lipinski definition) is 4. The van der Waals surface area contributed by atoms with Gasteiger partial charge in [-0.15, -0.1) is 0 Å². The number of ether oxygens (including phenoxy) is 1. The zero-order valence-corrected chi connectivity index (χ0v) is 14.3. The van der Waals surface area contributed by atoms with Crippen LogP contribution in [-0.2, 0) is 14.8 Å². The SMILES string of the molecule is CC[C@@H](C)NC(=O)CN(CC)S(=O)(=O)c1ccc(OC)cc1. The van der Waals surface area contributed by atoms with Crippen molar-refractivity contribution in [3.8, 4) is 5.75 Å². The molecule has 0 aliphatic rings. The Morgan fingerprint density at radius 3 is 2.32 bits per heavy atom. The van der Waals surface area contributed by atoms with Crippen LogP contribution in [0.3, 0.4) is 0 Å². The summed E-state index contributed by atoms with van der Waals surface area (Å²) in [5.41, 5.74) is 0. The molecule has 0 saturated carbocycles. The monoisotopic (exact) mass is 328 g/mol. The molecule has 0 spiro atoms. The standard InChI is InChI=1S/C15H24N2O4S/c1-5-12(3)16-15(18)11-17(6-2)22(19,20)14-9-7-13(21-4)8-10-14/h7-10,12H,5-6,11H2,1-4H3,(H,16,18)/t12-/m1/s1. The molecule has 0 fully saturated rings. The van der Waals surface area contributed by atoms with E-state index in [1.165, 1.54) is 19.2 Å². The van der Waals surface area contributed by atoms with Gasteiger partial charge in [-0.3, -0.25) is 4.79 Å². The summed E-state index contributed by atoms with van der Waals surface area (Å²) < 4.78 is 31.3. The van der Waals surface area contributed by atoms with Crippen LogP contribution in [0.15, 0.2) is 29.2 Å². The Balaban J connectivity index is 2.89. The molecule has 0 saturated heterocycles. The molecule has 0 radical (unpaired) electrons. The van der Waals surface area contributed by atoms with Gasteiger partial charge in [0.1, 0.15) is 5.75 Å². The Kier molecular flexibility index (Phi) is 6.83. The maximum Gasteiger partial charge on any atom is 0.243 e. The molecule has 7 heteroatoms. The average Bonchev–Trinajstić information content (AvgIpc) is 2.52. The summed E-state index contributed by atoms with van der Waals surface area (Å²) in [6.45, 7) is 5.58. The summed E-state index contributed by atoms with van der Waals surface area (Å²) in [7, 11) is -2.18. The second-order valence-electron chi connectivity index (χ2n) is 4.98. The molecule has 0 heterocycles. The molecule has 1 aromatic rings. The molecule has 1 N–H and O–H groups in total. The predicted molar refractivity (Wildman–Crippen MR) is 85.3 cm³/mol. The summed E-state index contributed by atoms with van der Waals surface area (Å²) in [5.74, 6) is 0.282. The molecule has 0 aliphatic heterocycles. The van der Waals surface area contributed by atoms with Crippen molar-refractivity contribution >= 4 is 15.9 Å². The van der Waals surface area contributed by atoms with Crippen LogP contribution in [0.1, 0.15) is 27.2 Å². The number of carbonyl (C=O) groups excluding carboxylic acids is 1. The van der Waals surface area contributed by atoms with Gasteiger partial charge in [0.05, 0.1) is 18.6 Å². The van der Waals surface area contributed by atoms with E-state index in [9.17, 15) is 13.2 Å². The Morgan fingerprint density at radius 2 is 1.86 bits per heavy atom. The fraction of sp³-hybridized carbons (Fsp3) is 0.533. The van der Waals surface area contributed by atoms with E-state index < -0.39 is 10.0 Å². The van der Waals surface area contributed by atoms with Crippen LogP contribution >= 0.6 is 0 Å². The first-order valence-corrected chi connectivity index (χ1v) is 8.72. The summed E-state index contributed by atoms with van der Waals surface area (Å²) in [6.07, 6.45) is 0.795. The van der Waals surface area contributed by atoms with E-state index in [-0.39, 0.29) is 29.9 Å². The molecule has 1 atom stereocenters. The Labute approximate surface area is 132 Å². The number of amides is 1. The normalized spacial score (nSPS) is 13.0. The third kappa shape index (κ3) is 4.71. The van der Waals surface area contributed by atoms with Crippen molar-refractivity contribution < 1.29 is 17.9 Å². The van der Waals surface area contributed by atoms with Crippen LogP contribution < -0.4 is 10.1 Å². The lowest BCUT2D eigenvalue weighted by Crippen LogP contribution is -2.43. The second kappa shape index (κ2) is 8.14. The van der Waals surface area contributed by atoms with E-state index in [4.69, 9.17) is 4.74 Å². The molecule has 0 aliphatic carbocycles. The third-order valence-corrected chi connectivity index (χ3v) is 5.32. The topological polar surface area (TPSA) is 75.7 Å². The van der Waals surface area contributed by atoms with Crippen LogP contribution in [0, 0.1) is 0 Å². The van der Waals surface area contributed by atoms with Gasteiger partial charge in [0.2, 0.25) is 15.9 Å². The lowest BCUT2D eigenvalue weighted by molar-refractivity contribution is -0.121. The van der Waals surface area contributed by atoms with Crippen LogP contribution in [-0.4, -0.2) is 44.9 Å². The lowest BCUT2D eigenvalue weighted by Gasteiger charge is -2.21. The van der Waals surface area contributed by atoms with E-state index in [0.29, 0.717) is 5.75 Å². The molecule has 6 nitrogen and oxygen atoms in total. The number of nitrogens with one attached hydrogen (secondary N) is 1. The van der Waals surface area contributed by atoms with Gasteiger partial charge in [0, 0.05) is 12.6 Å². The Bertz CT molecular complexity index is 584. The maximum absolute atomic E-state index is 12.6. The Morgan fingerprint density at radius 1 is 1.27 bits per heavy atom. The fourth-order valence-corrected chi connectivity index (χ4v) is 3.25. The van der Waals surface area contributed by atoms with Crippen LogP contribution in [0.5, 0.6) is 5.75 Å². The molecule has 0 aromatic heterocycles. The predicted octanol–water partition coefficient (Wildman–Crippen LogP) is 1.62. The van der Waals surface area contributed by atoms with Crippen LogP contribution in [0.2, 0.25) is 0 Å². The number of rotatable bonds is 8. The minimum Gasteiger partial charge on any atom is -0.497 e. The minimum absolute atomic E-state index is 0.0231. The largest absolute Gasteiger partial charge is 0.497 e. The number of methoxy groups -OCH3 is 1. The number of nitrogens with zero attached hydrogens (tertiary/aromatic N) is 1. The third-order valence-electron chi connectivity index (χ3n) is 3.39. The first kappa shape index (κ1) is 18.4. The highest BCUT2D eigenvalue weighted by Crippen LogP contribution is 2.19. The summed E-state index contributed by atoms with van der Waals surface area (Å²) in [4.78, 5) is 12.1. The fourth-order valence-electron chi connectivity index (χ4n) is 1.85. The van der Waals surface area contributed by atoms with E-state index >= 15 is 0 Å². The van der Waals surface area contributed by atoms with Crippen molar-refractivity contribution in [2.24, 2.45) is 0 Å². The molecule has 0 bridgehead atoms. The first-order chi connectivity index (χ1) is 10.3. The highest BCUT2D eigenvalue weighted by Gasteiger charge is 2.25. The van der Waals surface area contributed by atoms with E-state index in [1.807, 2.05) is 13.8 Å². The van der Waals surface area contributed by atoms with E-state index in [1.54, 1.807) is 19.1 Å². The molecule has 1 amide bonds. The summed E-state index contributed by atoms with van der Waals surface area (Å²) >= 11 is 0. The second-order valence-corrected chi connectivity index (χ2v) is 6.92. The lowest BCUT2D eigenvalue weighted by atomic mass is 10.2. The van der Waals surface area contributed by atoms with Gasteiger partial charge in [-0.05, 0) is 37.6 Å². The molecule has 1 aromatic carbocycles. The number of likely N-dealkylation sites (N-methyl/N-ethyl adjacent to an activating group) is 1. The van der Waals surface area contributed by atoms with Crippen molar-refractivity contribution in [3.63, 3.8) is 0 Å². The molecule has 22 heavy (non-hydrogen) atoms. The quantitative estimate of drug-likeness (QED) is 0.787. The van der Waals surface area contributed by atoms with Crippen LogP contribution in [0.25, 0.3) is 0 Å². The van der Waals surface area contributed by atoms with Gasteiger partial charge in [0.25, 0.3) is 0 Å². The molecule has 1 rings (SSSR count). The molecular formula is C15H24N2O4S. The summed E-state index contributed by atoms with van der Waals surface area (Å²) in [6, 6.07) is 6.14. The first-order valence-electron chi connectivity index (χ1n) is 7.28. The molecule has 0 unspecified atom stereocenters. The van der Waals surface area contributed by atoms with Gasteiger partial charge < -0.3 is 10.1 Å². The highest BCUT2D eigenvalue weighted by molar-refractivity contribution is 7.89. The maximum atomic E-state index is 12.6. The zero-order chi connectivity index (χ0) is 16.8. The minimum atomic E-state index is -3.70. The number of hydrogen-bond donors (Lipinski definition) is 1. The number of carbonyl (C=O) groups is 1. The van der Waals surface area contributed by atoms with Gasteiger partial charge in [-0.2, -0.15) is 4.31 Å². The van der Waals surface area contributed by atoms with Crippen molar-refractivity contribution in [2.45, 2.75) is 38.1 Å².